The molecule has 2 N–H and O–H groups in total. The molecule has 0 amide bonds. The first-order valence-electron chi connectivity index (χ1n) is 5.73. The van der Waals surface area contributed by atoms with Crippen molar-refractivity contribution in [3.05, 3.63) is 23.4 Å². The van der Waals surface area contributed by atoms with E-state index in [4.69, 9.17) is 22.1 Å². The third-order valence-electron chi connectivity index (χ3n) is 3.05. The van der Waals surface area contributed by atoms with E-state index in [-0.39, 0.29) is 5.95 Å². The second kappa shape index (κ2) is 5.36. The number of nitrogens with zero attached hydrogens (tertiary/aromatic N) is 2. The van der Waals surface area contributed by atoms with Crippen LogP contribution >= 0.6 is 11.6 Å². The Morgan fingerprint density at radius 1 is 1.41 bits per heavy atom. The van der Waals surface area contributed by atoms with Gasteiger partial charge in [0.2, 0.25) is 11.8 Å². The Balaban J connectivity index is 1.95. The molecular formula is C12H16ClN3O. The van der Waals surface area contributed by atoms with E-state index in [9.17, 15) is 0 Å². The van der Waals surface area contributed by atoms with Gasteiger partial charge in [0.25, 0.3) is 0 Å². The average Bonchev–Trinajstić information content (AvgIpc) is 2.27. The summed E-state index contributed by atoms with van der Waals surface area (Å²) < 4.78 is 5.63. The maximum Gasteiger partial charge on any atom is 0.224 e. The fourth-order valence-corrected chi connectivity index (χ4v) is 2.10. The van der Waals surface area contributed by atoms with E-state index < -0.39 is 0 Å². The summed E-state index contributed by atoms with van der Waals surface area (Å²) in [6.45, 7) is 2.87. The highest BCUT2D eigenvalue weighted by atomic mass is 35.5. The number of anilines is 1. The quantitative estimate of drug-likeness (QED) is 0.665. The van der Waals surface area contributed by atoms with E-state index in [1.807, 2.05) is 0 Å². The first-order valence-corrected chi connectivity index (χ1v) is 6.11. The van der Waals surface area contributed by atoms with Crippen LogP contribution in [0.4, 0.5) is 5.95 Å². The van der Waals surface area contributed by atoms with Crippen LogP contribution in [0, 0.1) is 11.8 Å². The molecule has 0 fully saturated rings. The summed E-state index contributed by atoms with van der Waals surface area (Å²) in [5, 5.41) is 0.309. The highest BCUT2D eigenvalue weighted by Gasteiger charge is 2.19. The van der Waals surface area contributed by atoms with Gasteiger partial charge in [0.15, 0.2) is 0 Å². The van der Waals surface area contributed by atoms with E-state index in [0.29, 0.717) is 29.5 Å². The number of allylic oxidation sites excluding steroid dienone is 2. The molecule has 0 aromatic carbocycles. The first-order chi connectivity index (χ1) is 8.15. The summed E-state index contributed by atoms with van der Waals surface area (Å²) in [6.07, 6.45) is 6.59. The topological polar surface area (TPSA) is 61.0 Å². The van der Waals surface area contributed by atoms with Crippen molar-refractivity contribution in [1.82, 2.24) is 9.97 Å². The maximum atomic E-state index is 5.78. The van der Waals surface area contributed by atoms with Gasteiger partial charge in [-0.25, -0.2) is 4.98 Å². The average molecular weight is 254 g/mol. The van der Waals surface area contributed by atoms with Crippen LogP contribution in [0.1, 0.15) is 19.8 Å². The lowest BCUT2D eigenvalue weighted by Gasteiger charge is -2.24. The van der Waals surface area contributed by atoms with E-state index >= 15 is 0 Å². The van der Waals surface area contributed by atoms with E-state index in [1.54, 1.807) is 6.07 Å². The summed E-state index contributed by atoms with van der Waals surface area (Å²) in [5.41, 5.74) is 5.50. The van der Waals surface area contributed by atoms with Crippen LogP contribution in [0.3, 0.4) is 0 Å². The highest BCUT2D eigenvalue weighted by molar-refractivity contribution is 6.29. The Morgan fingerprint density at radius 3 is 2.88 bits per heavy atom. The van der Waals surface area contributed by atoms with Crippen LogP contribution in [0.2, 0.25) is 5.15 Å². The summed E-state index contributed by atoms with van der Waals surface area (Å²) in [5.74, 6) is 1.75. The predicted octanol–water partition coefficient (Wildman–Crippen LogP) is 2.69. The van der Waals surface area contributed by atoms with Crippen LogP contribution in [0.15, 0.2) is 18.2 Å². The van der Waals surface area contributed by atoms with Gasteiger partial charge in [0, 0.05) is 6.07 Å². The van der Waals surface area contributed by atoms with Crippen molar-refractivity contribution < 1.29 is 4.74 Å². The number of hydrogen-bond acceptors (Lipinski definition) is 4. The van der Waals surface area contributed by atoms with Crippen molar-refractivity contribution in [1.29, 1.82) is 0 Å². The minimum Gasteiger partial charge on any atom is -0.477 e. The zero-order chi connectivity index (χ0) is 12.3. The molecule has 2 rings (SSSR count). The summed E-state index contributed by atoms with van der Waals surface area (Å²) >= 11 is 5.78. The Bertz CT molecular complexity index is 402. The zero-order valence-electron chi connectivity index (χ0n) is 9.77. The molecule has 1 aromatic rings. The standard InChI is InChI=1S/C12H16ClN3O/c1-8-4-2-3-5-9(8)7-17-11-6-10(13)15-12(14)16-11/h2-3,6,8-9H,4-5,7H2,1H3,(H2,14,15,16). The highest BCUT2D eigenvalue weighted by Crippen LogP contribution is 2.26. The summed E-state index contributed by atoms with van der Waals surface area (Å²) in [7, 11) is 0. The molecular weight excluding hydrogens is 238 g/mol. The minimum atomic E-state index is 0.143. The van der Waals surface area contributed by atoms with Crippen LogP contribution in [-0.4, -0.2) is 16.6 Å². The van der Waals surface area contributed by atoms with Gasteiger partial charge in [0.05, 0.1) is 6.61 Å². The number of halogens is 1. The number of rotatable bonds is 3. The lowest BCUT2D eigenvalue weighted by molar-refractivity contribution is 0.193. The third kappa shape index (κ3) is 3.33. The number of nitrogen functional groups attached to an aromatic ring is 1. The molecule has 92 valence electrons. The van der Waals surface area contributed by atoms with E-state index in [1.165, 1.54) is 0 Å². The molecule has 5 heteroatoms. The minimum absolute atomic E-state index is 0.143. The largest absolute Gasteiger partial charge is 0.477 e. The van der Waals surface area contributed by atoms with E-state index in [0.717, 1.165) is 12.8 Å². The molecule has 4 nitrogen and oxygen atoms in total. The van der Waals surface area contributed by atoms with Gasteiger partial charge in [-0.3, -0.25) is 0 Å². The molecule has 17 heavy (non-hydrogen) atoms. The molecule has 2 unspecified atom stereocenters. The molecule has 0 saturated carbocycles. The number of hydrogen-bond donors (Lipinski definition) is 1. The van der Waals surface area contributed by atoms with Crippen LogP contribution in [0.25, 0.3) is 0 Å². The molecule has 0 spiro atoms. The lowest BCUT2D eigenvalue weighted by atomic mass is 9.85. The van der Waals surface area contributed by atoms with Crippen molar-refractivity contribution >= 4 is 17.5 Å². The van der Waals surface area contributed by atoms with Crippen molar-refractivity contribution in [2.45, 2.75) is 19.8 Å². The second-order valence-electron chi connectivity index (χ2n) is 4.38. The number of nitrogens with two attached hydrogens (primary N) is 1. The fourth-order valence-electron chi connectivity index (χ4n) is 1.92. The van der Waals surface area contributed by atoms with E-state index in [2.05, 4.69) is 29.0 Å². The molecule has 0 radical (unpaired) electrons. The molecule has 0 bridgehead atoms. The first kappa shape index (κ1) is 12.2. The molecule has 1 aromatic heterocycles. The fraction of sp³-hybridized carbons (Fsp3) is 0.500. The normalized spacial score (nSPS) is 23.6. The molecule has 0 aliphatic heterocycles. The summed E-state index contributed by atoms with van der Waals surface area (Å²) in [6, 6.07) is 1.58. The number of ether oxygens (including phenoxy) is 1. The monoisotopic (exact) mass is 253 g/mol. The van der Waals surface area contributed by atoms with Crippen molar-refractivity contribution in [3.8, 4) is 5.88 Å². The van der Waals surface area contributed by atoms with Gasteiger partial charge in [0.1, 0.15) is 5.15 Å². The van der Waals surface area contributed by atoms with Crippen LogP contribution in [0.5, 0.6) is 5.88 Å². The maximum absolute atomic E-state index is 5.78. The van der Waals surface area contributed by atoms with Crippen LogP contribution in [-0.2, 0) is 0 Å². The second-order valence-corrected chi connectivity index (χ2v) is 4.77. The smallest absolute Gasteiger partial charge is 0.224 e. The van der Waals surface area contributed by atoms with Gasteiger partial charge >= 0.3 is 0 Å². The Morgan fingerprint density at radius 2 is 2.18 bits per heavy atom. The number of aromatic nitrogens is 2. The van der Waals surface area contributed by atoms with Crippen molar-refractivity contribution in [3.63, 3.8) is 0 Å². The van der Waals surface area contributed by atoms with Gasteiger partial charge in [-0.15, -0.1) is 0 Å². The van der Waals surface area contributed by atoms with Gasteiger partial charge in [-0.2, -0.15) is 4.98 Å². The van der Waals surface area contributed by atoms with Crippen LogP contribution < -0.4 is 10.5 Å². The van der Waals surface area contributed by atoms with Crippen molar-refractivity contribution in [2.75, 3.05) is 12.3 Å². The Labute approximate surface area is 106 Å². The summed E-state index contributed by atoms with van der Waals surface area (Å²) in [4.78, 5) is 7.77. The predicted molar refractivity (Wildman–Crippen MR) is 68.0 cm³/mol. The molecule has 2 atom stereocenters. The zero-order valence-corrected chi connectivity index (χ0v) is 10.5. The van der Waals surface area contributed by atoms with Crippen molar-refractivity contribution in [2.24, 2.45) is 11.8 Å². The van der Waals surface area contributed by atoms with Gasteiger partial charge < -0.3 is 10.5 Å². The molecule has 1 aliphatic carbocycles. The molecule has 1 aliphatic rings. The Hall–Kier alpha value is -1.29. The van der Waals surface area contributed by atoms with Gasteiger partial charge in [-0.1, -0.05) is 30.7 Å². The van der Waals surface area contributed by atoms with Gasteiger partial charge in [-0.05, 0) is 24.7 Å². The Kier molecular flexibility index (Phi) is 3.84. The SMILES string of the molecule is CC1CC=CCC1COc1cc(Cl)nc(N)n1. The molecule has 1 heterocycles. The molecule has 0 saturated heterocycles. The lowest BCUT2D eigenvalue weighted by Crippen LogP contribution is -2.21. The third-order valence-corrected chi connectivity index (χ3v) is 3.25.